The number of fused-ring (bicyclic) bond motifs is 2. The van der Waals surface area contributed by atoms with Gasteiger partial charge < -0.3 is 14.2 Å². The van der Waals surface area contributed by atoms with Crippen molar-refractivity contribution in [3.8, 4) is 0 Å². The SMILES string of the molecule is CC(C)OC1=C(c2ccccc2)C(=O)C2=C(C1=Nc1ccccc1)[C@H](C)O[C@H]1CC(=O)O[C@@H]21. The highest BCUT2D eigenvalue weighted by molar-refractivity contribution is 6.40. The number of hydrogen-bond donors (Lipinski definition) is 0. The van der Waals surface area contributed by atoms with E-state index in [9.17, 15) is 9.59 Å². The summed E-state index contributed by atoms with van der Waals surface area (Å²) in [6.45, 7) is 5.71. The highest BCUT2D eigenvalue weighted by atomic mass is 16.6. The van der Waals surface area contributed by atoms with Crippen LogP contribution in [0.5, 0.6) is 0 Å². The summed E-state index contributed by atoms with van der Waals surface area (Å²) in [7, 11) is 0. The van der Waals surface area contributed by atoms with E-state index in [4.69, 9.17) is 19.2 Å². The van der Waals surface area contributed by atoms with E-state index in [0.29, 0.717) is 28.2 Å². The van der Waals surface area contributed by atoms with Gasteiger partial charge >= 0.3 is 5.97 Å². The van der Waals surface area contributed by atoms with E-state index in [2.05, 4.69) is 0 Å². The Kier molecular flexibility index (Phi) is 5.46. The van der Waals surface area contributed by atoms with Gasteiger partial charge in [0.15, 0.2) is 17.6 Å². The average molecular weight is 443 g/mol. The number of esters is 1. The lowest BCUT2D eigenvalue weighted by Gasteiger charge is -2.37. The molecule has 6 heteroatoms. The molecule has 0 bridgehead atoms. The van der Waals surface area contributed by atoms with Crippen LogP contribution in [0, 0.1) is 0 Å². The molecule has 3 aliphatic rings. The first-order chi connectivity index (χ1) is 15.9. The Balaban J connectivity index is 1.80. The van der Waals surface area contributed by atoms with Crippen LogP contribution in [0.1, 0.15) is 32.8 Å². The first-order valence-electron chi connectivity index (χ1n) is 11.2. The maximum atomic E-state index is 14.0. The van der Waals surface area contributed by atoms with Crippen LogP contribution in [0.2, 0.25) is 0 Å². The molecule has 33 heavy (non-hydrogen) atoms. The Hall–Kier alpha value is -3.51. The zero-order valence-corrected chi connectivity index (χ0v) is 18.8. The van der Waals surface area contributed by atoms with Gasteiger partial charge in [-0.2, -0.15) is 0 Å². The second-order valence-corrected chi connectivity index (χ2v) is 8.62. The van der Waals surface area contributed by atoms with Gasteiger partial charge in [-0.05, 0) is 38.5 Å². The van der Waals surface area contributed by atoms with E-state index < -0.39 is 18.3 Å². The number of rotatable bonds is 4. The van der Waals surface area contributed by atoms with E-state index in [1.54, 1.807) is 0 Å². The highest BCUT2D eigenvalue weighted by Gasteiger charge is 2.51. The summed E-state index contributed by atoms with van der Waals surface area (Å²) in [6, 6.07) is 18.9. The van der Waals surface area contributed by atoms with Crippen molar-refractivity contribution >= 4 is 28.7 Å². The summed E-state index contributed by atoms with van der Waals surface area (Å²) in [4.78, 5) is 31.1. The quantitative estimate of drug-likeness (QED) is 0.511. The number of aliphatic imine (C=N–C) groups is 1. The number of hydrogen-bond acceptors (Lipinski definition) is 6. The van der Waals surface area contributed by atoms with Crippen molar-refractivity contribution in [1.82, 2.24) is 0 Å². The predicted octanol–water partition coefficient (Wildman–Crippen LogP) is 4.58. The van der Waals surface area contributed by atoms with E-state index in [-0.39, 0.29) is 24.3 Å². The molecule has 3 atom stereocenters. The van der Waals surface area contributed by atoms with Gasteiger partial charge in [-0.15, -0.1) is 0 Å². The molecule has 5 rings (SSSR count). The minimum atomic E-state index is -0.753. The molecule has 2 aromatic carbocycles. The fraction of sp³-hybridized carbons (Fsp3) is 0.296. The minimum Gasteiger partial charge on any atom is -0.488 e. The fourth-order valence-corrected chi connectivity index (χ4v) is 4.61. The Bertz CT molecular complexity index is 1190. The number of para-hydroxylation sites is 1. The Morgan fingerprint density at radius 1 is 0.970 bits per heavy atom. The lowest BCUT2D eigenvalue weighted by Crippen LogP contribution is -2.45. The van der Waals surface area contributed by atoms with Gasteiger partial charge in [0.2, 0.25) is 0 Å². The molecule has 6 nitrogen and oxygen atoms in total. The number of ether oxygens (including phenoxy) is 3. The molecule has 1 saturated heterocycles. The standard InChI is InChI=1S/C27H25NO5/c1-15(2)31-27-22(17-10-6-4-7-11-17)25(30)23-21(24(27)28-18-12-8-5-9-13-18)16(3)32-19-14-20(29)33-26(19)23/h4-13,15-16,19,26H,14H2,1-3H3/t16-,19-,26+/m0/s1. The van der Waals surface area contributed by atoms with Gasteiger partial charge in [0.25, 0.3) is 0 Å². The number of benzene rings is 2. The van der Waals surface area contributed by atoms with Crippen LogP contribution in [0.15, 0.2) is 82.6 Å². The van der Waals surface area contributed by atoms with Crippen LogP contribution in [0.3, 0.4) is 0 Å². The average Bonchev–Trinajstić information content (AvgIpc) is 3.16. The van der Waals surface area contributed by atoms with E-state index in [0.717, 1.165) is 11.3 Å². The van der Waals surface area contributed by atoms with Crippen LogP contribution >= 0.6 is 0 Å². The molecule has 2 aliphatic heterocycles. The fourth-order valence-electron chi connectivity index (χ4n) is 4.61. The maximum Gasteiger partial charge on any atom is 0.309 e. The van der Waals surface area contributed by atoms with Gasteiger partial charge in [0, 0.05) is 5.57 Å². The molecule has 0 N–H and O–H groups in total. The second kappa shape index (κ2) is 8.45. The molecule has 0 radical (unpaired) electrons. The topological polar surface area (TPSA) is 74.2 Å². The van der Waals surface area contributed by atoms with Crippen molar-refractivity contribution in [1.29, 1.82) is 0 Å². The van der Waals surface area contributed by atoms with Crippen LogP contribution in [0.4, 0.5) is 5.69 Å². The summed E-state index contributed by atoms with van der Waals surface area (Å²) >= 11 is 0. The number of nitrogens with zero attached hydrogens (tertiary/aromatic N) is 1. The van der Waals surface area contributed by atoms with Gasteiger partial charge in [-0.3, -0.25) is 9.59 Å². The molecule has 0 saturated carbocycles. The number of allylic oxidation sites excluding steroid dienone is 2. The third-order valence-corrected chi connectivity index (χ3v) is 5.91. The summed E-state index contributed by atoms with van der Waals surface area (Å²) in [5.74, 6) is -0.157. The molecule has 2 heterocycles. The third-order valence-electron chi connectivity index (χ3n) is 5.91. The number of Topliss-reactive ketones (excluding diaryl/α,β-unsaturated/α-hetero) is 1. The van der Waals surface area contributed by atoms with Crippen molar-refractivity contribution in [2.24, 2.45) is 4.99 Å². The van der Waals surface area contributed by atoms with Crippen molar-refractivity contribution in [3.05, 3.63) is 83.1 Å². The summed E-state index contributed by atoms with van der Waals surface area (Å²) in [5.41, 5.74) is 3.48. The van der Waals surface area contributed by atoms with Crippen LogP contribution in [-0.4, -0.2) is 41.9 Å². The molecule has 2 aromatic rings. The molecular formula is C27H25NO5. The lowest BCUT2D eigenvalue weighted by molar-refractivity contribution is -0.141. The van der Waals surface area contributed by atoms with E-state index in [1.807, 2.05) is 81.4 Å². The third kappa shape index (κ3) is 3.80. The van der Waals surface area contributed by atoms with Crippen molar-refractivity contribution < 1.29 is 23.8 Å². The number of carbonyl (C=O) groups is 2. The minimum absolute atomic E-state index is 0.129. The summed E-state index contributed by atoms with van der Waals surface area (Å²) < 4.78 is 18.0. The number of carbonyl (C=O) groups excluding carboxylic acids is 2. The molecular weight excluding hydrogens is 418 g/mol. The van der Waals surface area contributed by atoms with E-state index >= 15 is 0 Å². The zero-order chi connectivity index (χ0) is 23.1. The van der Waals surface area contributed by atoms with Crippen molar-refractivity contribution in [2.45, 2.75) is 51.6 Å². The Morgan fingerprint density at radius 3 is 2.30 bits per heavy atom. The normalized spacial score (nSPS) is 25.9. The van der Waals surface area contributed by atoms with Crippen molar-refractivity contribution in [2.75, 3.05) is 0 Å². The van der Waals surface area contributed by atoms with Gasteiger partial charge in [0.05, 0.1) is 35.5 Å². The highest BCUT2D eigenvalue weighted by Crippen LogP contribution is 2.43. The summed E-state index contributed by atoms with van der Waals surface area (Å²) in [5, 5.41) is 0. The lowest BCUT2D eigenvalue weighted by atomic mass is 9.77. The molecule has 0 unspecified atom stereocenters. The summed E-state index contributed by atoms with van der Waals surface area (Å²) in [6.07, 6.45) is -1.75. The van der Waals surface area contributed by atoms with Gasteiger partial charge in [0.1, 0.15) is 11.8 Å². The first kappa shape index (κ1) is 21.3. The predicted molar refractivity (Wildman–Crippen MR) is 124 cm³/mol. The molecule has 1 fully saturated rings. The molecule has 168 valence electrons. The van der Waals surface area contributed by atoms with Crippen LogP contribution in [-0.2, 0) is 23.8 Å². The second-order valence-electron chi connectivity index (χ2n) is 8.62. The molecule has 0 spiro atoms. The zero-order valence-electron chi connectivity index (χ0n) is 18.8. The Labute approximate surface area is 192 Å². The monoisotopic (exact) mass is 443 g/mol. The Morgan fingerprint density at radius 2 is 1.64 bits per heavy atom. The molecule has 1 aliphatic carbocycles. The maximum absolute atomic E-state index is 14.0. The van der Waals surface area contributed by atoms with Crippen LogP contribution < -0.4 is 0 Å². The van der Waals surface area contributed by atoms with E-state index in [1.165, 1.54) is 0 Å². The largest absolute Gasteiger partial charge is 0.488 e. The van der Waals surface area contributed by atoms with Gasteiger partial charge in [-0.1, -0.05) is 48.5 Å². The van der Waals surface area contributed by atoms with Crippen LogP contribution in [0.25, 0.3) is 5.57 Å². The molecule has 0 amide bonds. The van der Waals surface area contributed by atoms with Gasteiger partial charge in [-0.25, -0.2) is 4.99 Å². The number of ketones is 1. The first-order valence-corrected chi connectivity index (χ1v) is 11.2. The smallest absolute Gasteiger partial charge is 0.309 e. The molecule has 0 aromatic heterocycles. The van der Waals surface area contributed by atoms with Crippen molar-refractivity contribution in [3.63, 3.8) is 0 Å².